The van der Waals surface area contributed by atoms with Gasteiger partial charge in [0.15, 0.2) is 5.13 Å². The number of carbonyl (C=O) groups is 2. The minimum Gasteiger partial charge on any atom is -0.301 e. The molecule has 0 saturated heterocycles. The van der Waals surface area contributed by atoms with E-state index in [1.165, 1.54) is 11.3 Å². The number of anilines is 2. The molecule has 2 aliphatic heterocycles. The first-order valence-electron chi connectivity index (χ1n) is 8.42. The van der Waals surface area contributed by atoms with Gasteiger partial charge in [-0.1, -0.05) is 18.2 Å². The summed E-state index contributed by atoms with van der Waals surface area (Å²) in [4.78, 5) is 34.6. The Balaban J connectivity index is 1.51. The van der Waals surface area contributed by atoms with Crippen molar-refractivity contribution in [2.45, 2.75) is 32.4 Å². The monoisotopic (exact) mass is 356 g/mol. The van der Waals surface area contributed by atoms with Gasteiger partial charge in [-0.25, -0.2) is 4.98 Å². The molecular formula is C18H20N4O2S. The summed E-state index contributed by atoms with van der Waals surface area (Å²) < 4.78 is 0. The molecule has 0 aliphatic carbocycles. The highest BCUT2D eigenvalue weighted by molar-refractivity contribution is 7.16. The minimum absolute atomic E-state index is 0.0196. The van der Waals surface area contributed by atoms with Crippen LogP contribution in [0.15, 0.2) is 24.3 Å². The van der Waals surface area contributed by atoms with Crippen LogP contribution < -0.4 is 10.2 Å². The lowest BCUT2D eigenvalue weighted by Crippen LogP contribution is -2.43. The molecule has 130 valence electrons. The van der Waals surface area contributed by atoms with Crippen molar-refractivity contribution in [1.82, 2.24) is 9.88 Å². The highest BCUT2D eigenvalue weighted by Crippen LogP contribution is 2.32. The Labute approximate surface area is 150 Å². The number of benzene rings is 1. The number of likely N-dealkylation sites (N-methyl/N-ethyl adjacent to an activating group) is 1. The molecule has 2 aliphatic rings. The van der Waals surface area contributed by atoms with Gasteiger partial charge < -0.3 is 9.80 Å². The van der Waals surface area contributed by atoms with Crippen LogP contribution in [0.25, 0.3) is 0 Å². The average molecular weight is 356 g/mol. The van der Waals surface area contributed by atoms with Crippen molar-refractivity contribution in [2.24, 2.45) is 0 Å². The number of rotatable bonds is 1. The van der Waals surface area contributed by atoms with Crippen molar-refractivity contribution >= 4 is 34.0 Å². The van der Waals surface area contributed by atoms with Gasteiger partial charge in [0.25, 0.3) is 0 Å². The number of nitrogens with one attached hydrogen (secondary N) is 1. The number of nitrogens with zero attached hydrogens (tertiary/aromatic N) is 3. The molecule has 1 atom stereocenters. The molecule has 1 aromatic carbocycles. The summed E-state index contributed by atoms with van der Waals surface area (Å²) in [5.74, 6) is -1.15. The standard InChI is InChI=1S/C18H20N4O2S/c1-11-9-12-5-3-4-6-14(12)22(11)17(24)16(23)20-18-19-13-7-8-21(2)10-15(13)25-18/h3-6,11H,7-10H2,1-2H3,(H,19,20,23). The van der Waals surface area contributed by atoms with Crippen molar-refractivity contribution in [3.8, 4) is 0 Å². The Morgan fingerprint density at radius 1 is 1.32 bits per heavy atom. The molecule has 2 amide bonds. The predicted molar refractivity (Wildman–Crippen MR) is 97.9 cm³/mol. The first kappa shape index (κ1) is 16.2. The van der Waals surface area contributed by atoms with Crippen LogP contribution in [0.4, 0.5) is 10.8 Å². The molecule has 25 heavy (non-hydrogen) atoms. The van der Waals surface area contributed by atoms with Gasteiger partial charge >= 0.3 is 11.8 Å². The lowest BCUT2D eigenvalue weighted by molar-refractivity contribution is -0.134. The molecule has 7 heteroatoms. The van der Waals surface area contributed by atoms with Crippen LogP contribution >= 0.6 is 11.3 Å². The molecule has 0 radical (unpaired) electrons. The predicted octanol–water partition coefficient (Wildman–Crippen LogP) is 2.05. The van der Waals surface area contributed by atoms with Gasteiger partial charge in [-0.15, -0.1) is 11.3 Å². The second-order valence-electron chi connectivity index (χ2n) is 6.69. The summed E-state index contributed by atoms with van der Waals surface area (Å²) in [5.41, 5.74) is 2.96. The molecule has 0 fully saturated rings. The van der Waals surface area contributed by atoms with Crippen molar-refractivity contribution in [3.63, 3.8) is 0 Å². The highest BCUT2D eigenvalue weighted by atomic mass is 32.1. The Morgan fingerprint density at radius 3 is 2.96 bits per heavy atom. The van der Waals surface area contributed by atoms with Crippen LogP contribution in [0, 0.1) is 0 Å². The van der Waals surface area contributed by atoms with E-state index in [1.54, 1.807) is 4.90 Å². The van der Waals surface area contributed by atoms with Crippen LogP contribution in [0.1, 0.15) is 23.1 Å². The maximum atomic E-state index is 12.7. The summed E-state index contributed by atoms with van der Waals surface area (Å²) in [6, 6.07) is 7.72. The van der Waals surface area contributed by atoms with Crippen LogP contribution in [-0.2, 0) is 29.0 Å². The van der Waals surface area contributed by atoms with Crippen LogP contribution in [-0.4, -0.2) is 41.3 Å². The minimum atomic E-state index is -0.622. The first-order chi connectivity index (χ1) is 12.0. The van der Waals surface area contributed by atoms with Crippen LogP contribution in [0.5, 0.6) is 0 Å². The summed E-state index contributed by atoms with van der Waals surface area (Å²) in [6.45, 7) is 3.77. The van der Waals surface area contributed by atoms with Gasteiger partial charge in [0.05, 0.1) is 5.69 Å². The van der Waals surface area contributed by atoms with E-state index in [0.717, 1.165) is 47.8 Å². The Morgan fingerprint density at radius 2 is 2.12 bits per heavy atom. The average Bonchev–Trinajstić information content (AvgIpc) is 3.12. The summed E-state index contributed by atoms with van der Waals surface area (Å²) in [7, 11) is 2.07. The maximum absolute atomic E-state index is 12.7. The second kappa shape index (κ2) is 6.24. The number of carbonyl (C=O) groups excluding carboxylic acids is 2. The third-order valence-electron chi connectivity index (χ3n) is 4.76. The number of hydrogen-bond acceptors (Lipinski definition) is 5. The van der Waals surface area contributed by atoms with Gasteiger partial charge in [-0.05, 0) is 32.0 Å². The van der Waals surface area contributed by atoms with E-state index >= 15 is 0 Å². The molecule has 4 rings (SSSR count). The number of amides is 2. The molecule has 3 heterocycles. The van der Waals surface area contributed by atoms with E-state index in [1.807, 2.05) is 31.2 Å². The molecule has 1 N–H and O–H groups in total. The molecule has 6 nitrogen and oxygen atoms in total. The van der Waals surface area contributed by atoms with E-state index in [0.29, 0.717) is 5.13 Å². The summed E-state index contributed by atoms with van der Waals surface area (Å²) in [5, 5.41) is 3.21. The third-order valence-corrected chi connectivity index (χ3v) is 5.76. The van der Waals surface area contributed by atoms with E-state index in [-0.39, 0.29) is 6.04 Å². The number of aromatic nitrogens is 1. The van der Waals surface area contributed by atoms with Crippen LogP contribution in [0.2, 0.25) is 0 Å². The fourth-order valence-electron chi connectivity index (χ4n) is 3.51. The van der Waals surface area contributed by atoms with Crippen LogP contribution in [0.3, 0.4) is 0 Å². The molecule has 2 aromatic rings. The zero-order valence-corrected chi connectivity index (χ0v) is 15.1. The Hall–Kier alpha value is -2.25. The number of hydrogen-bond donors (Lipinski definition) is 1. The quantitative estimate of drug-likeness (QED) is 0.794. The van der Waals surface area contributed by atoms with E-state index in [9.17, 15) is 9.59 Å². The lowest BCUT2D eigenvalue weighted by Gasteiger charge is -2.21. The van der Waals surface area contributed by atoms with Crippen molar-refractivity contribution in [1.29, 1.82) is 0 Å². The van der Waals surface area contributed by atoms with E-state index < -0.39 is 11.8 Å². The van der Waals surface area contributed by atoms with Crippen molar-refractivity contribution in [3.05, 3.63) is 40.4 Å². The maximum Gasteiger partial charge on any atom is 0.316 e. The first-order valence-corrected chi connectivity index (χ1v) is 9.24. The van der Waals surface area contributed by atoms with Crippen molar-refractivity contribution < 1.29 is 9.59 Å². The molecule has 1 aromatic heterocycles. The fourth-order valence-corrected chi connectivity index (χ4v) is 4.60. The van der Waals surface area contributed by atoms with E-state index in [2.05, 4.69) is 22.2 Å². The third kappa shape index (κ3) is 2.94. The smallest absolute Gasteiger partial charge is 0.301 e. The highest BCUT2D eigenvalue weighted by Gasteiger charge is 2.34. The Kier molecular flexibility index (Phi) is 4.05. The summed E-state index contributed by atoms with van der Waals surface area (Å²) >= 11 is 1.46. The van der Waals surface area contributed by atoms with Gasteiger partial charge in [-0.2, -0.15) is 0 Å². The fraction of sp³-hybridized carbons (Fsp3) is 0.389. The lowest BCUT2D eigenvalue weighted by atomic mass is 10.1. The molecule has 1 unspecified atom stereocenters. The van der Waals surface area contributed by atoms with Gasteiger partial charge in [0.2, 0.25) is 0 Å². The second-order valence-corrected chi connectivity index (χ2v) is 7.77. The molecule has 0 saturated carbocycles. The molecular weight excluding hydrogens is 336 g/mol. The summed E-state index contributed by atoms with van der Waals surface area (Å²) in [6.07, 6.45) is 1.65. The number of fused-ring (bicyclic) bond motifs is 2. The normalized spacial score (nSPS) is 19.4. The number of para-hydroxylation sites is 1. The van der Waals surface area contributed by atoms with Gasteiger partial charge in [0, 0.05) is 36.1 Å². The zero-order chi connectivity index (χ0) is 17.6. The molecule has 0 bridgehead atoms. The largest absolute Gasteiger partial charge is 0.316 e. The number of thiazole rings is 1. The van der Waals surface area contributed by atoms with E-state index in [4.69, 9.17) is 0 Å². The zero-order valence-electron chi connectivity index (χ0n) is 14.3. The Bertz CT molecular complexity index is 847. The molecule has 0 spiro atoms. The SMILES string of the molecule is CC1Cc2ccccc2N1C(=O)C(=O)Nc1nc2c(s1)CN(C)CC2. The van der Waals surface area contributed by atoms with Gasteiger partial charge in [-0.3, -0.25) is 14.9 Å². The van der Waals surface area contributed by atoms with Crippen molar-refractivity contribution in [2.75, 3.05) is 23.8 Å². The topological polar surface area (TPSA) is 65.5 Å². The van der Waals surface area contributed by atoms with Gasteiger partial charge in [0.1, 0.15) is 0 Å².